The highest BCUT2D eigenvalue weighted by molar-refractivity contribution is 4.93. The van der Waals surface area contributed by atoms with Crippen LogP contribution in [0.4, 0.5) is 0 Å². The maximum atomic E-state index is 8.14. The van der Waals surface area contributed by atoms with Gasteiger partial charge in [0.15, 0.2) is 0 Å². The Morgan fingerprint density at radius 1 is 1.62 bits per heavy atom. The Kier molecular flexibility index (Phi) is 2.06. The van der Waals surface area contributed by atoms with Gasteiger partial charge in [0.25, 0.3) is 0 Å². The monoisotopic (exact) mass is 114 g/mol. The van der Waals surface area contributed by atoms with Crippen molar-refractivity contribution in [2.45, 2.75) is 25.4 Å². The first kappa shape index (κ1) is 5.79. The molecule has 2 nitrogen and oxygen atoms in total. The fourth-order valence-corrected chi connectivity index (χ4v) is 0.869. The molecule has 0 aromatic rings. The maximum absolute atomic E-state index is 8.14. The van der Waals surface area contributed by atoms with Crippen LogP contribution in [0.1, 0.15) is 19.3 Å². The Hall–Kier alpha value is -0.340. The third-order valence-electron chi connectivity index (χ3n) is 1.35. The van der Waals surface area contributed by atoms with Crippen LogP contribution in [0.15, 0.2) is 12.2 Å². The second-order valence-electron chi connectivity index (χ2n) is 2.00. The van der Waals surface area contributed by atoms with Crippen molar-refractivity contribution in [3.05, 3.63) is 12.2 Å². The average Bonchev–Trinajstić information content (AvgIpc) is 1.90. The molecule has 1 N–H and O–H groups in total. The lowest BCUT2D eigenvalue weighted by atomic mass is 10.1. The molecule has 1 aliphatic carbocycles. The van der Waals surface area contributed by atoms with Crippen LogP contribution in [0.3, 0.4) is 0 Å². The highest BCUT2D eigenvalue weighted by atomic mass is 17.1. The largest absolute Gasteiger partial charge is 0.251 e. The van der Waals surface area contributed by atoms with E-state index in [0.29, 0.717) is 0 Å². The van der Waals surface area contributed by atoms with Gasteiger partial charge in [0.2, 0.25) is 0 Å². The molecule has 0 saturated carbocycles. The van der Waals surface area contributed by atoms with Crippen LogP contribution < -0.4 is 0 Å². The predicted molar refractivity (Wildman–Crippen MR) is 30.5 cm³/mol. The van der Waals surface area contributed by atoms with Crippen molar-refractivity contribution in [1.82, 2.24) is 0 Å². The van der Waals surface area contributed by atoms with Crippen molar-refractivity contribution < 1.29 is 10.1 Å². The summed E-state index contributed by atoms with van der Waals surface area (Å²) in [5.41, 5.74) is 0. The van der Waals surface area contributed by atoms with Gasteiger partial charge in [-0.15, -0.1) is 0 Å². The average molecular weight is 114 g/mol. The molecule has 0 aliphatic heterocycles. The summed E-state index contributed by atoms with van der Waals surface area (Å²) in [5.74, 6) is 0. The molecule has 0 aromatic carbocycles. The van der Waals surface area contributed by atoms with E-state index in [2.05, 4.69) is 4.89 Å². The highest BCUT2D eigenvalue weighted by Gasteiger charge is 2.06. The molecule has 1 unspecified atom stereocenters. The van der Waals surface area contributed by atoms with Gasteiger partial charge in [-0.3, -0.25) is 5.26 Å². The molecule has 0 heterocycles. The highest BCUT2D eigenvalue weighted by Crippen LogP contribution is 2.11. The molecule has 0 spiro atoms. The Morgan fingerprint density at radius 2 is 2.50 bits per heavy atom. The van der Waals surface area contributed by atoms with E-state index >= 15 is 0 Å². The minimum atomic E-state index is -0.0382. The zero-order valence-corrected chi connectivity index (χ0v) is 4.71. The summed E-state index contributed by atoms with van der Waals surface area (Å²) in [6.45, 7) is 0. The van der Waals surface area contributed by atoms with Gasteiger partial charge >= 0.3 is 0 Å². The molecule has 1 aliphatic rings. The second-order valence-corrected chi connectivity index (χ2v) is 2.00. The number of hydrogen-bond donors (Lipinski definition) is 1. The van der Waals surface area contributed by atoms with Crippen molar-refractivity contribution in [3.8, 4) is 0 Å². The second kappa shape index (κ2) is 2.84. The van der Waals surface area contributed by atoms with Crippen LogP contribution in [0.2, 0.25) is 0 Å². The van der Waals surface area contributed by atoms with Crippen molar-refractivity contribution in [2.75, 3.05) is 0 Å². The van der Waals surface area contributed by atoms with Crippen LogP contribution >= 0.6 is 0 Å². The molecule has 0 aromatic heterocycles. The van der Waals surface area contributed by atoms with Gasteiger partial charge < -0.3 is 0 Å². The summed E-state index contributed by atoms with van der Waals surface area (Å²) in [6.07, 6.45) is 7.09. The number of allylic oxidation sites excluding steroid dienone is 1. The van der Waals surface area contributed by atoms with Crippen LogP contribution in [0, 0.1) is 0 Å². The predicted octanol–water partition coefficient (Wildman–Crippen LogP) is 1.58. The molecule has 2 heteroatoms. The van der Waals surface area contributed by atoms with Gasteiger partial charge in [-0.1, -0.05) is 12.2 Å². The minimum Gasteiger partial charge on any atom is -0.251 e. The lowest BCUT2D eigenvalue weighted by Crippen LogP contribution is -2.09. The summed E-state index contributed by atoms with van der Waals surface area (Å²) in [4.78, 5) is 4.10. The molecule has 0 fully saturated rings. The summed E-state index contributed by atoms with van der Waals surface area (Å²) in [6, 6.07) is 0. The lowest BCUT2D eigenvalue weighted by molar-refractivity contribution is -0.267. The Labute approximate surface area is 48.7 Å². The normalized spacial score (nSPS) is 28.4. The standard InChI is InChI=1S/C6H10O2/c7-8-6-4-2-1-3-5-6/h2,4,6-7H,1,3,5H2. The summed E-state index contributed by atoms with van der Waals surface area (Å²) < 4.78 is 0. The van der Waals surface area contributed by atoms with Gasteiger partial charge in [0, 0.05) is 0 Å². The maximum Gasteiger partial charge on any atom is 0.111 e. The van der Waals surface area contributed by atoms with E-state index in [1.54, 1.807) is 0 Å². The van der Waals surface area contributed by atoms with Crippen LogP contribution in [-0.2, 0) is 4.89 Å². The van der Waals surface area contributed by atoms with E-state index in [4.69, 9.17) is 5.26 Å². The molecule has 0 radical (unpaired) electrons. The zero-order valence-electron chi connectivity index (χ0n) is 4.71. The van der Waals surface area contributed by atoms with Gasteiger partial charge in [0.05, 0.1) is 0 Å². The summed E-state index contributed by atoms with van der Waals surface area (Å²) >= 11 is 0. The third-order valence-corrected chi connectivity index (χ3v) is 1.35. The molecule has 0 amide bonds. The van der Waals surface area contributed by atoms with Crippen LogP contribution in [-0.4, -0.2) is 11.4 Å². The van der Waals surface area contributed by atoms with Crippen molar-refractivity contribution in [2.24, 2.45) is 0 Å². The molecule has 46 valence electrons. The number of hydrogen-bond acceptors (Lipinski definition) is 2. The van der Waals surface area contributed by atoms with E-state index in [0.717, 1.165) is 19.3 Å². The summed E-state index contributed by atoms with van der Waals surface area (Å²) in [7, 11) is 0. The van der Waals surface area contributed by atoms with E-state index in [9.17, 15) is 0 Å². The fourth-order valence-electron chi connectivity index (χ4n) is 0.869. The quantitative estimate of drug-likeness (QED) is 0.318. The molecule has 1 atom stereocenters. The minimum absolute atomic E-state index is 0.0382. The van der Waals surface area contributed by atoms with Gasteiger partial charge in [0.1, 0.15) is 6.10 Å². The molecule has 0 saturated heterocycles. The molecule has 0 bridgehead atoms. The Bertz CT molecular complexity index is 88.5. The van der Waals surface area contributed by atoms with Crippen LogP contribution in [0.25, 0.3) is 0 Å². The van der Waals surface area contributed by atoms with Crippen LogP contribution in [0.5, 0.6) is 0 Å². The zero-order chi connectivity index (χ0) is 5.82. The van der Waals surface area contributed by atoms with Gasteiger partial charge in [-0.25, -0.2) is 4.89 Å². The first-order valence-electron chi connectivity index (χ1n) is 2.90. The Balaban J connectivity index is 2.32. The van der Waals surface area contributed by atoms with Gasteiger partial charge in [-0.2, -0.15) is 0 Å². The Morgan fingerprint density at radius 3 is 2.88 bits per heavy atom. The van der Waals surface area contributed by atoms with E-state index in [1.165, 1.54) is 0 Å². The molecule has 1 rings (SSSR count). The van der Waals surface area contributed by atoms with E-state index in [-0.39, 0.29) is 6.10 Å². The third kappa shape index (κ3) is 1.32. The van der Waals surface area contributed by atoms with E-state index in [1.807, 2.05) is 12.2 Å². The SMILES string of the molecule is OOC1C=CCCC1. The lowest BCUT2D eigenvalue weighted by Gasteiger charge is -2.10. The molecular formula is C6H10O2. The van der Waals surface area contributed by atoms with Crippen molar-refractivity contribution in [3.63, 3.8) is 0 Å². The smallest absolute Gasteiger partial charge is 0.111 e. The molecule has 8 heavy (non-hydrogen) atoms. The fraction of sp³-hybridized carbons (Fsp3) is 0.667. The first-order chi connectivity index (χ1) is 3.93. The first-order valence-corrected chi connectivity index (χ1v) is 2.90. The summed E-state index contributed by atoms with van der Waals surface area (Å²) in [5, 5.41) is 8.14. The topological polar surface area (TPSA) is 29.5 Å². The van der Waals surface area contributed by atoms with Gasteiger partial charge in [-0.05, 0) is 19.3 Å². The van der Waals surface area contributed by atoms with Crippen molar-refractivity contribution >= 4 is 0 Å². The van der Waals surface area contributed by atoms with E-state index < -0.39 is 0 Å². The van der Waals surface area contributed by atoms with Crippen molar-refractivity contribution in [1.29, 1.82) is 0 Å². The molecular weight excluding hydrogens is 104 g/mol. The number of rotatable bonds is 1.